The second kappa shape index (κ2) is 8.14. The smallest absolute Gasteiger partial charge is 0.223 e. The molecule has 2 rings (SSSR count). The Kier molecular flexibility index (Phi) is 5.93. The molecule has 0 spiro atoms. The SMILES string of the molecule is CC(C)N(CCC#N)C(=O)CCc1ncc(-c2ccccc2)o1. The second-order valence-electron chi connectivity index (χ2n) is 5.57. The van der Waals surface area contributed by atoms with Gasteiger partial charge >= 0.3 is 0 Å². The van der Waals surface area contributed by atoms with Gasteiger partial charge in [-0.1, -0.05) is 30.3 Å². The van der Waals surface area contributed by atoms with Gasteiger partial charge in [0.15, 0.2) is 11.7 Å². The molecule has 1 amide bonds. The number of hydrogen-bond donors (Lipinski definition) is 0. The fourth-order valence-electron chi connectivity index (χ4n) is 2.36. The summed E-state index contributed by atoms with van der Waals surface area (Å²) >= 11 is 0. The van der Waals surface area contributed by atoms with Crippen LogP contribution in [0.5, 0.6) is 0 Å². The third kappa shape index (κ3) is 4.68. The summed E-state index contributed by atoms with van der Waals surface area (Å²) in [6.45, 7) is 4.37. The molecule has 0 saturated heterocycles. The molecule has 0 N–H and O–H groups in total. The van der Waals surface area contributed by atoms with Crippen molar-refractivity contribution in [2.24, 2.45) is 0 Å². The maximum atomic E-state index is 12.3. The summed E-state index contributed by atoms with van der Waals surface area (Å²) in [5.41, 5.74) is 0.968. The average Bonchev–Trinajstić information content (AvgIpc) is 3.03. The summed E-state index contributed by atoms with van der Waals surface area (Å²) in [5.74, 6) is 1.29. The normalized spacial score (nSPS) is 10.5. The van der Waals surface area contributed by atoms with Gasteiger partial charge in [0.2, 0.25) is 5.91 Å². The van der Waals surface area contributed by atoms with Crippen LogP contribution in [0.4, 0.5) is 0 Å². The van der Waals surface area contributed by atoms with E-state index in [4.69, 9.17) is 9.68 Å². The molecule has 1 aromatic heterocycles. The van der Waals surface area contributed by atoms with E-state index >= 15 is 0 Å². The predicted molar refractivity (Wildman–Crippen MR) is 87.3 cm³/mol. The predicted octanol–water partition coefficient (Wildman–Crippen LogP) is 3.42. The standard InChI is InChI=1S/C18H21N3O2/c1-14(2)21(12-6-11-19)18(22)10-9-17-20-13-16(23-17)15-7-4-3-5-8-15/h3-5,7-8,13-14H,6,9-10,12H2,1-2H3. The molecular formula is C18H21N3O2. The molecular weight excluding hydrogens is 290 g/mol. The fraction of sp³-hybridized carbons (Fsp3) is 0.389. The number of carbonyl (C=O) groups excluding carboxylic acids is 1. The molecule has 0 radical (unpaired) electrons. The van der Waals surface area contributed by atoms with Crippen molar-refractivity contribution in [1.29, 1.82) is 5.26 Å². The largest absolute Gasteiger partial charge is 0.441 e. The van der Waals surface area contributed by atoms with E-state index in [0.717, 1.165) is 5.56 Å². The molecule has 0 saturated carbocycles. The van der Waals surface area contributed by atoms with Crippen LogP contribution in [0, 0.1) is 11.3 Å². The minimum absolute atomic E-state index is 0.0229. The molecule has 0 aliphatic carbocycles. The Balaban J connectivity index is 1.94. The van der Waals surface area contributed by atoms with Crippen LogP contribution in [0.3, 0.4) is 0 Å². The highest BCUT2D eigenvalue weighted by molar-refractivity contribution is 5.76. The van der Waals surface area contributed by atoms with Gasteiger partial charge in [0.25, 0.3) is 0 Å². The molecule has 5 heteroatoms. The number of oxazole rings is 1. The summed E-state index contributed by atoms with van der Waals surface area (Å²) in [7, 11) is 0. The van der Waals surface area contributed by atoms with Gasteiger partial charge in [0.05, 0.1) is 18.7 Å². The Hall–Kier alpha value is -2.61. The first-order chi connectivity index (χ1) is 11.1. The van der Waals surface area contributed by atoms with E-state index in [1.54, 1.807) is 11.1 Å². The van der Waals surface area contributed by atoms with Crippen LogP contribution in [0.25, 0.3) is 11.3 Å². The molecule has 1 aromatic carbocycles. The van der Waals surface area contributed by atoms with Crippen LogP contribution in [-0.4, -0.2) is 28.4 Å². The van der Waals surface area contributed by atoms with Crippen molar-refractivity contribution in [2.75, 3.05) is 6.54 Å². The lowest BCUT2D eigenvalue weighted by Gasteiger charge is -2.25. The lowest BCUT2D eigenvalue weighted by atomic mass is 10.2. The molecule has 23 heavy (non-hydrogen) atoms. The first-order valence-corrected chi connectivity index (χ1v) is 7.78. The third-order valence-electron chi connectivity index (χ3n) is 3.57. The van der Waals surface area contributed by atoms with Gasteiger partial charge in [0, 0.05) is 31.0 Å². The lowest BCUT2D eigenvalue weighted by molar-refractivity contribution is -0.132. The summed E-state index contributed by atoms with van der Waals surface area (Å²) in [6.07, 6.45) is 2.83. The quantitative estimate of drug-likeness (QED) is 0.785. The van der Waals surface area contributed by atoms with E-state index in [1.807, 2.05) is 44.2 Å². The van der Waals surface area contributed by atoms with Gasteiger partial charge in [-0.3, -0.25) is 4.79 Å². The Morgan fingerprint density at radius 1 is 1.35 bits per heavy atom. The van der Waals surface area contributed by atoms with Gasteiger partial charge < -0.3 is 9.32 Å². The molecule has 5 nitrogen and oxygen atoms in total. The van der Waals surface area contributed by atoms with E-state index in [-0.39, 0.29) is 11.9 Å². The maximum absolute atomic E-state index is 12.3. The number of aryl methyl sites for hydroxylation is 1. The molecule has 0 bridgehead atoms. The van der Waals surface area contributed by atoms with Crippen LogP contribution < -0.4 is 0 Å². The Labute approximate surface area is 136 Å². The van der Waals surface area contributed by atoms with Crippen molar-refractivity contribution in [1.82, 2.24) is 9.88 Å². The van der Waals surface area contributed by atoms with Crippen molar-refractivity contribution in [3.8, 4) is 17.4 Å². The number of nitriles is 1. The second-order valence-corrected chi connectivity index (χ2v) is 5.57. The van der Waals surface area contributed by atoms with Crippen LogP contribution in [-0.2, 0) is 11.2 Å². The zero-order chi connectivity index (χ0) is 16.7. The van der Waals surface area contributed by atoms with Crippen molar-refractivity contribution in [2.45, 2.75) is 39.2 Å². The topological polar surface area (TPSA) is 70.1 Å². The van der Waals surface area contributed by atoms with Crippen molar-refractivity contribution >= 4 is 5.91 Å². The van der Waals surface area contributed by atoms with Crippen molar-refractivity contribution in [3.63, 3.8) is 0 Å². The molecule has 0 fully saturated rings. The molecule has 0 atom stereocenters. The summed E-state index contributed by atoms with van der Waals surface area (Å²) in [6, 6.07) is 11.9. The zero-order valence-corrected chi connectivity index (χ0v) is 13.5. The summed E-state index contributed by atoms with van der Waals surface area (Å²) in [5, 5.41) is 8.68. The monoisotopic (exact) mass is 311 g/mol. The highest BCUT2D eigenvalue weighted by Gasteiger charge is 2.17. The van der Waals surface area contributed by atoms with Crippen LogP contribution in [0.15, 0.2) is 40.9 Å². The van der Waals surface area contributed by atoms with E-state index in [9.17, 15) is 4.79 Å². The summed E-state index contributed by atoms with van der Waals surface area (Å²) in [4.78, 5) is 18.3. The van der Waals surface area contributed by atoms with E-state index in [1.165, 1.54) is 0 Å². The molecule has 0 aliphatic heterocycles. The number of rotatable bonds is 7. The first-order valence-electron chi connectivity index (χ1n) is 7.78. The van der Waals surface area contributed by atoms with Gasteiger partial charge in [0.1, 0.15) is 0 Å². The minimum Gasteiger partial charge on any atom is -0.441 e. The van der Waals surface area contributed by atoms with E-state index in [2.05, 4.69) is 11.1 Å². The Bertz CT molecular complexity index is 671. The highest BCUT2D eigenvalue weighted by Crippen LogP contribution is 2.20. The number of amides is 1. The molecule has 1 heterocycles. The van der Waals surface area contributed by atoms with Gasteiger partial charge in [-0.25, -0.2) is 4.98 Å². The van der Waals surface area contributed by atoms with Crippen LogP contribution in [0.1, 0.15) is 32.6 Å². The highest BCUT2D eigenvalue weighted by atomic mass is 16.4. The first kappa shape index (κ1) is 16.8. The van der Waals surface area contributed by atoms with E-state index < -0.39 is 0 Å². The van der Waals surface area contributed by atoms with Gasteiger partial charge in [-0.2, -0.15) is 5.26 Å². The third-order valence-corrected chi connectivity index (χ3v) is 3.57. The maximum Gasteiger partial charge on any atom is 0.223 e. The Morgan fingerprint density at radius 2 is 2.09 bits per heavy atom. The fourth-order valence-corrected chi connectivity index (χ4v) is 2.36. The summed E-state index contributed by atoms with van der Waals surface area (Å²) < 4.78 is 5.71. The molecule has 2 aromatic rings. The molecule has 0 aliphatic rings. The van der Waals surface area contributed by atoms with Gasteiger partial charge in [-0.15, -0.1) is 0 Å². The molecule has 120 valence electrons. The number of hydrogen-bond acceptors (Lipinski definition) is 4. The van der Waals surface area contributed by atoms with E-state index in [0.29, 0.717) is 37.5 Å². The average molecular weight is 311 g/mol. The zero-order valence-electron chi connectivity index (χ0n) is 13.5. The minimum atomic E-state index is 0.0229. The number of nitrogens with zero attached hydrogens (tertiary/aromatic N) is 3. The Morgan fingerprint density at radius 3 is 2.74 bits per heavy atom. The number of benzene rings is 1. The van der Waals surface area contributed by atoms with Crippen molar-refractivity contribution in [3.05, 3.63) is 42.4 Å². The molecule has 0 unspecified atom stereocenters. The number of aromatic nitrogens is 1. The van der Waals surface area contributed by atoms with Gasteiger partial charge in [-0.05, 0) is 13.8 Å². The number of carbonyl (C=O) groups is 1. The van der Waals surface area contributed by atoms with Crippen LogP contribution in [0.2, 0.25) is 0 Å². The van der Waals surface area contributed by atoms with Crippen LogP contribution >= 0.6 is 0 Å². The van der Waals surface area contributed by atoms with Crippen molar-refractivity contribution < 1.29 is 9.21 Å². The lowest BCUT2D eigenvalue weighted by Crippen LogP contribution is -2.37.